The van der Waals surface area contributed by atoms with Gasteiger partial charge in [0.1, 0.15) is 16.4 Å². The number of ketones is 1. The van der Waals surface area contributed by atoms with Gasteiger partial charge in [0.2, 0.25) is 0 Å². The van der Waals surface area contributed by atoms with Crippen LogP contribution in [0.15, 0.2) is 83.2 Å². The molecule has 0 spiro atoms. The molecule has 7 rings (SSSR count). The monoisotopic (exact) mass is 698 g/mol. The van der Waals surface area contributed by atoms with Crippen molar-refractivity contribution in [2.24, 2.45) is 0 Å². The van der Waals surface area contributed by atoms with Crippen molar-refractivity contribution < 1.29 is 32.5 Å². The Morgan fingerprint density at radius 1 is 0.920 bits per heavy atom. The number of rotatable bonds is 12. The van der Waals surface area contributed by atoms with Crippen molar-refractivity contribution in [2.75, 3.05) is 46.6 Å². The van der Waals surface area contributed by atoms with Crippen LogP contribution in [-0.2, 0) is 11.2 Å². The maximum Gasteiger partial charge on any atom is 0.267 e. The van der Waals surface area contributed by atoms with Gasteiger partial charge in [0.15, 0.2) is 28.8 Å². The lowest BCUT2D eigenvalue weighted by atomic mass is 10.0. The highest BCUT2D eigenvalue weighted by molar-refractivity contribution is 7.16. The summed E-state index contributed by atoms with van der Waals surface area (Å²) < 4.78 is 53.4. The first-order valence-corrected chi connectivity index (χ1v) is 16.9. The van der Waals surface area contributed by atoms with Crippen molar-refractivity contribution in [3.63, 3.8) is 0 Å². The van der Waals surface area contributed by atoms with E-state index in [1.165, 1.54) is 58.4 Å². The van der Waals surface area contributed by atoms with Gasteiger partial charge in [0.25, 0.3) is 5.56 Å². The number of morpholine rings is 1. The summed E-state index contributed by atoms with van der Waals surface area (Å²) in [6.45, 7) is 4.74. The number of ether oxygens (including phenoxy) is 4. The predicted octanol–water partition coefficient (Wildman–Crippen LogP) is 6.60. The highest BCUT2D eigenvalue weighted by Crippen LogP contribution is 2.38. The fourth-order valence-electron chi connectivity index (χ4n) is 5.87. The SMILES string of the molecule is COc1cc2c(Oc3ccc(CC(=O)c4cc5ncsc5n(-c5ccc(F)cc5)c4=O)cc3F)ccnc2cc1OCCCN1CCOCC1. The number of thiazole rings is 1. The van der Waals surface area contributed by atoms with E-state index in [9.17, 15) is 14.0 Å². The Morgan fingerprint density at radius 3 is 2.52 bits per heavy atom. The number of carbonyl (C=O) groups excluding carboxylic acids is 1. The van der Waals surface area contributed by atoms with Gasteiger partial charge >= 0.3 is 0 Å². The van der Waals surface area contributed by atoms with E-state index in [1.54, 1.807) is 43.1 Å². The minimum Gasteiger partial charge on any atom is -0.493 e. The second-order valence-corrected chi connectivity index (χ2v) is 12.5. The molecule has 1 fully saturated rings. The number of benzene rings is 3. The summed E-state index contributed by atoms with van der Waals surface area (Å²) in [5.41, 5.74) is 2.67. The van der Waals surface area contributed by atoms with Gasteiger partial charge in [-0.2, -0.15) is 0 Å². The number of Topliss-reactive ketones (excluding diaryl/α,β-unsaturated/α-hetero) is 1. The highest BCUT2D eigenvalue weighted by Gasteiger charge is 2.20. The number of hydrogen-bond acceptors (Lipinski definition) is 10. The molecule has 0 saturated carbocycles. The average molecular weight is 699 g/mol. The van der Waals surface area contributed by atoms with Crippen molar-refractivity contribution >= 4 is 38.4 Å². The number of halogens is 2. The molecule has 0 unspecified atom stereocenters. The van der Waals surface area contributed by atoms with Crippen LogP contribution in [0.2, 0.25) is 0 Å². The van der Waals surface area contributed by atoms with Crippen LogP contribution in [0.3, 0.4) is 0 Å². The Labute approximate surface area is 289 Å². The molecular formula is C37H32F2N4O6S. The molecule has 1 aliphatic heterocycles. The number of fused-ring (bicyclic) bond motifs is 2. The van der Waals surface area contributed by atoms with Gasteiger partial charge < -0.3 is 18.9 Å². The largest absolute Gasteiger partial charge is 0.493 e. The zero-order valence-electron chi connectivity index (χ0n) is 27.1. The standard InChI is InChI=1S/C37H32F2N4O6S/c1-46-34-20-26-29(21-35(34)48-14-2-11-42-12-15-47-16-13-42)40-10-9-32(26)49-33-8-3-23(17-28(33)39)18-31(44)27-19-30-37(50-22-41-30)43(36(27)45)25-6-4-24(38)5-7-25/h3-10,17,19-22H,2,11-16,18H2,1H3. The van der Waals surface area contributed by atoms with Gasteiger partial charge in [-0.15, -0.1) is 11.3 Å². The fourth-order valence-corrected chi connectivity index (χ4v) is 6.66. The van der Waals surface area contributed by atoms with Crippen molar-refractivity contribution in [1.82, 2.24) is 19.4 Å². The molecule has 3 aromatic carbocycles. The molecule has 50 heavy (non-hydrogen) atoms. The van der Waals surface area contributed by atoms with Crippen molar-refractivity contribution in [3.05, 3.63) is 112 Å². The number of aromatic nitrogens is 3. The van der Waals surface area contributed by atoms with E-state index in [-0.39, 0.29) is 17.7 Å². The molecule has 13 heteroatoms. The Balaban J connectivity index is 1.07. The van der Waals surface area contributed by atoms with Crippen LogP contribution in [0.4, 0.5) is 8.78 Å². The summed E-state index contributed by atoms with van der Waals surface area (Å²) in [7, 11) is 1.55. The zero-order valence-corrected chi connectivity index (χ0v) is 27.9. The van der Waals surface area contributed by atoms with E-state index in [0.717, 1.165) is 39.3 Å². The predicted molar refractivity (Wildman–Crippen MR) is 185 cm³/mol. The molecule has 4 heterocycles. The third kappa shape index (κ3) is 7.06. The lowest BCUT2D eigenvalue weighted by Gasteiger charge is -2.26. The number of pyridine rings is 2. The third-order valence-corrected chi connectivity index (χ3v) is 9.25. The molecule has 1 saturated heterocycles. The summed E-state index contributed by atoms with van der Waals surface area (Å²) in [5, 5.41) is 0.596. The molecule has 1 aliphatic rings. The second kappa shape index (κ2) is 14.7. The molecule has 10 nitrogen and oxygen atoms in total. The van der Waals surface area contributed by atoms with E-state index in [2.05, 4.69) is 14.9 Å². The van der Waals surface area contributed by atoms with E-state index < -0.39 is 23.0 Å². The molecule has 6 aromatic rings. The van der Waals surface area contributed by atoms with Crippen LogP contribution in [0, 0.1) is 11.6 Å². The van der Waals surface area contributed by atoms with Crippen LogP contribution < -0.4 is 19.8 Å². The smallest absolute Gasteiger partial charge is 0.267 e. The lowest BCUT2D eigenvalue weighted by molar-refractivity contribution is 0.0357. The number of methoxy groups -OCH3 is 1. The normalized spacial score (nSPS) is 13.5. The van der Waals surface area contributed by atoms with E-state index in [1.807, 2.05) is 0 Å². The first-order valence-electron chi connectivity index (χ1n) is 16.0. The topological polar surface area (TPSA) is 105 Å². The van der Waals surface area contributed by atoms with Crippen LogP contribution in [-0.4, -0.2) is 71.8 Å². The third-order valence-electron chi connectivity index (χ3n) is 8.43. The number of carbonyl (C=O) groups is 1. The second-order valence-electron chi connectivity index (χ2n) is 11.7. The van der Waals surface area contributed by atoms with Crippen molar-refractivity contribution in [1.29, 1.82) is 0 Å². The Hall–Kier alpha value is -5.24. The summed E-state index contributed by atoms with van der Waals surface area (Å²) in [4.78, 5) is 38.6. The molecule has 0 amide bonds. The maximum atomic E-state index is 15.5. The summed E-state index contributed by atoms with van der Waals surface area (Å²) in [5.74, 6) is -0.320. The van der Waals surface area contributed by atoms with Crippen LogP contribution >= 0.6 is 11.3 Å². The summed E-state index contributed by atoms with van der Waals surface area (Å²) in [6.07, 6.45) is 2.17. The molecular weight excluding hydrogens is 666 g/mol. The quantitative estimate of drug-likeness (QED) is 0.103. The fraction of sp³-hybridized carbons (Fsp3) is 0.243. The van der Waals surface area contributed by atoms with Crippen LogP contribution in [0.5, 0.6) is 23.0 Å². The molecule has 0 atom stereocenters. The van der Waals surface area contributed by atoms with Gasteiger partial charge in [-0.25, -0.2) is 13.8 Å². The first-order chi connectivity index (χ1) is 24.4. The number of hydrogen-bond donors (Lipinski definition) is 0. The Kier molecular flexibility index (Phi) is 9.78. The van der Waals surface area contributed by atoms with Gasteiger partial charge in [-0.3, -0.25) is 24.0 Å². The number of nitrogens with zero attached hydrogens (tertiary/aromatic N) is 4. The van der Waals surface area contributed by atoms with Crippen molar-refractivity contribution in [3.8, 4) is 28.7 Å². The molecule has 0 aliphatic carbocycles. The molecule has 0 radical (unpaired) electrons. The van der Waals surface area contributed by atoms with Crippen molar-refractivity contribution in [2.45, 2.75) is 12.8 Å². The van der Waals surface area contributed by atoms with Gasteiger partial charge in [0.05, 0.1) is 54.7 Å². The zero-order chi connectivity index (χ0) is 34.6. The lowest BCUT2D eigenvalue weighted by Crippen LogP contribution is -2.37. The highest BCUT2D eigenvalue weighted by atomic mass is 32.1. The molecule has 256 valence electrons. The molecule has 3 aromatic heterocycles. The maximum absolute atomic E-state index is 15.5. The molecule has 0 N–H and O–H groups in total. The first kappa shape index (κ1) is 33.3. The van der Waals surface area contributed by atoms with Gasteiger partial charge in [-0.1, -0.05) is 6.07 Å². The van der Waals surface area contributed by atoms with Gasteiger partial charge in [-0.05, 0) is 66.6 Å². The van der Waals surface area contributed by atoms with Gasteiger partial charge in [0, 0.05) is 43.7 Å². The minimum absolute atomic E-state index is 0.0568. The average Bonchev–Trinajstić information content (AvgIpc) is 3.60. The van der Waals surface area contributed by atoms with Crippen LogP contribution in [0.25, 0.3) is 26.9 Å². The minimum atomic E-state index is -0.689. The van der Waals surface area contributed by atoms with Crippen LogP contribution in [0.1, 0.15) is 22.3 Å². The Morgan fingerprint density at radius 2 is 1.74 bits per heavy atom. The van der Waals surface area contributed by atoms with E-state index >= 15 is 4.39 Å². The summed E-state index contributed by atoms with van der Waals surface area (Å²) in [6, 6.07) is 16.2. The van der Waals surface area contributed by atoms with E-state index in [0.29, 0.717) is 56.4 Å². The summed E-state index contributed by atoms with van der Waals surface area (Å²) >= 11 is 1.23. The molecule has 0 bridgehead atoms. The Bertz CT molecular complexity index is 2230. The van der Waals surface area contributed by atoms with E-state index in [4.69, 9.17) is 18.9 Å².